The van der Waals surface area contributed by atoms with Crippen molar-refractivity contribution in [2.45, 2.75) is 20.0 Å². The topological polar surface area (TPSA) is 35.2 Å². The Kier molecular flexibility index (Phi) is 5.13. The van der Waals surface area contributed by atoms with Crippen molar-refractivity contribution in [1.82, 2.24) is 0 Å². The second-order valence-electron chi connectivity index (χ2n) is 2.67. The van der Waals surface area contributed by atoms with E-state index in [2.05, 4.69) is 13.2 Å². The summed E-state index contributed by atoms with van der Waals surface area (Å²) in [4.78, 5) is 0. The molecule has 0 spiro atoms. The summed E-state index contributed by atoms with van der Waals surface area (Å²) in [5.74, 6) is 0.725. The predicted molar refractivity (Wildman–Crippen MR) is 52.7 cm³/mol. The molecule has 0 saturated carbocycles. The molecule has 0 saturated heterocycles. The van der Waals surface area contributed by atoms with Gasteiger partial charge in [0.15, 0.2) is 0 Å². The lowest BCUT2D eigenvalue weighted by molar-refractivity contribution is 0.156. The Bertz CT molecular complexity index is 192. The van der Waals surface area contributed by atoms with Gasteiger partial charge in [-0.15, -0.1) is 0 Å². The first-order valence-corrected chi connectivity index (χ1v) is 4.00. The van der Waals surface area contributed by atoms with Crippen molar-refractivity contribution >= 4 is 0 Å². The van der Waals surface area contributed by atoms with E-state index in [1.54, 1.807) is 12.2 Å². The molecular weight excluding hydrogens is 150 g/mol. The third kappa shape index (κ3) is 3.39. The van der Waals surface area contributed by atoms with Gasteiger partial charge in [0.25, 0.3) is 0 Å². The highest BCUT2D eigenvalue weighted by Crippen LogP contribution is 2.09. The van der Waals surface area contributed by atoms with Crippen molar-refractivity contribution in [3.05, 3.63) is 36.6 Å². The maximum atomic E-state index is 5.48. The molecule has 0 aromatic carbocycles. The predicted octanol–water partition coefficient (Wildman–Crippen LogP) is 2.00. The minimum Gasteiger partial charge on any atom is -0.491 e. The summed E-state index contributed by atoms with van der Waals surface area (Å²) < 4.78 is 5.45. The Balaban J connectivity index is 4.57. The molecular formula is C10H17NO. The lowest BCUT2D eigenvalue weighted by atomic mass is 10.2. The Morgan fingerprint density at radius 1 is 1.42 bits per heavy atom. The van der Waals surface area contributed by atoms with Crippen molar-refractivity contribution in [3.63, 3.8) is 0 Å². The number of hydrogen-bond acceptors (Lipinski definition) is 2. The Morgan fingerprint density at radius 3 is 2.25 bits per heavy atom. The number of allylic oxidation sites excluding steroid dienone is 1. The molecule has 0 heterocycles. The molecule has 12 heavy (non-hydrogen) atoms. The Hall–Kier alpha value is -1.02. The smallest absolute Gasteiger partial charge is 0.123 e. The molecule has 0 rings (SSSR count). The standard InChI is InChI=1S/C10H17NO/c1-5-9(7-11)10(6-2)12-8(3)4/h5-6,8H,1-2,7,11H2,3-4H3/b10-9-. The first-order valence-electron chi connectivity index (χ1n) is 4.00. The number of rotatable bonds is 5. The van der Waals surface area contributed by atoms with Crippen molar-refractivity contribution in [2.24, 2.45) is 5.73 Å². The molecule has 68 valence electrons. The molecule has 0 radical (unpaired) electrons. The SMILES string of the molecule is C=C/C(CN)=C(\C=C)OC(C)C. The van der Waals surface area contributed by atoms with Crippen LogP contribution in [-0.2, 0) is 4.74 Å². The zero-order chi connectivity index (χ0) is 9.56. The van der Waals surface area contributed by atoms with Crippen LogP contribution in [0.15, 0.2) is 36.6 Å². The molecule has 0 fully saturated rings. The van der Waals surface area contributed by atoms with E-state index in [1.165, 1.54) is 0 Å². The van der Waals surface area contributed by atoms with E-state index in [4.69, 9.17) is 10.5 Å². The second-order valence-corrected chi connectivity index (χ2v) is 2.67. The van der Waals surface area contributed by atoms with E-state index in [0.717, 1.165) is 11.3 Å². The van der Waals surface area contributed by atoms with Crippen LogP contribution in [-0.4, -0.2) is 12.6 Å². The van der Waals surface area contributed by atoms with E-state index < -0.39 is 0 Å². The van der Waals surface area contributed by atoms with E-state index in [0.29, 0.717) is 6.54 Å². The van der Waals surface area contributed by atoms with Gasteiger partial charge in [0.2, 0.25) is 0 Å². The third-order valence-corrected chi connectivity index (χ3v) is 1.33. The molecule has 0 bridgehead atoms. The summed E-state index contributed by atoms with van der Waals surface area (Å²) in [5.41, 5.74) is 6.37. The van der Waals surface area contributed by atoms with Crippen LogP contribution in [0.5, 0.6) is 0 Å². The summed E-state index contributed by atoms with van der Waals surface area (Å²) in [6.45, 7) is 11.6. The molecule has 2 N–H and O–H groups in total. The van der Waals surface area contributed by atoms with Gasteiger partial charge in [0, 0.05) is 12.1 Å². The monoisotopic (exact) mass is 167 g/mol. The fourth-order valence-electron chi connectivity index (χ4n) is 0.793. The normalized spacial score (nSPS) is 12.3. The zero-order valence-corrected chi connectivity index (χ0v) is 7.84. The van der Waals surface area contributed by atoms with Gasteiger partial charge >= 0.3 is 0 Å². The first-order chi connectivity index (χ1) is 5.65. The highest BCUT2D eigenvalue weighted by atomic mass is 16.5. The third-order valence-electron chi connectivity index (χ3n) is 1.33. The van der Waals surface area contributed by atoms with Crippen LogP contribution in [0.3, 0.4) is 0 Å². The fraction of sp³-hybridized carbons (Fsp3) is 0.400. The lowest BCUT2D eigenvalue weighted by Gasteiger charge is -2.12. The molecule has 0 amide bonds. The lowest BCUT2D eigenvalue weighted by Crippen LogP contribution is -2.08. The van der Waals surface area contributed by atoms with Gasteiger partial charge in [0.1, 0.15) is 5.76 Å². The minimum atomic E-state index is 0.138. The Labute approximate surface area is 74.4 Å². The summed E-state index contributed by atoms with van der Waals surface area (Å²) in [7, 11) is 0. The van der Waals surface area contributed by atoms with E-state index in [-0.39, 0.29) is 6.10 Å². The van der Waals surface area contributed by atoms with Crippen molar-refractivity contribution in [3.8, 4) is 0 Å². The molecule has 0 atom stereocenters. The maximum absolute atomic E-state index is 5.48. The second kappa shape index (κ2) is 5.61. The van der Waals surface area contributed by atoms with Crippen molar-refractivity contribution < 1.29 is 4.74 Å². The summed E-state index contributed by atoms with van der Waals surface area (Å²) in [5, 5.41) is 0. The van der Waals surface area contributed by atoms with Crippen LogP contribution in [0, 0.1) is 0 Å². The maximum Gasteiger partial charge on any atom is 0.123 e. The molecule has 0 unspecified atom stereocenters. The summed E-state index contributed by atoms with van der Waals surface area (Å²) in [6.07, 6.45) is 3.49. The highest BCUT2D eigenvalue weighted by Gasteiger charge is 2.01. The fourth-order valence-corrected chi connectivity index (χ4v) is 0.793. The van der Waals surface area contributed by atoms with E-state index in [9.17, 15) is 0 Å². The van der Waals surface area contributed by atoms with Gasteiger partial charge in [-0.05, 0) is 19.9 Å². The number of ether oxygens (including phenoxy) is 1. The largest absolute Gasteiger partial charge is 0.491 e. The van der Waals surface area contributed by atoms with Crippen molar-refractivity contribution in [2.75, 3.05) is 6.54 Å². The average Bonchev–Trinajstić information content (AvgIpc) is 2.04. The van der Waals surface area contributed by atoms with Crippen LogP contribution in [0.2, 0.25) is 0 Å². The van der Waals surface area contributed by atoms with E-state index >= 15 is 0 Å². The molecule has 0 aromatic heterocycles. The summed E-state index contributed by atoms with van der Waals surface area (Å²) in [6, 6.07) is 0. The van der Waals surface area contributed by atoms with Crippen LogP contribution < -0.4 is 5.73 Å². The molecule has 0 aromatic rings. The highest BCUT2D eigenvalue weighted by molar-refractivity contribution is 5.28. The van der Waals surface area contributed by atoms with Crippen molar-refractivity contribution in [1.29, 1.82) is 0 Å². The first kappa shape index (κ1) is 11.0. The van der Waals surface area contributed by atoms with Gasteiger partial charge in [-0.2, -0.15) is 0 Å². The van der Waals surface area contributed by atoms with E-state index in [1.807, 2.05) is 13.8 Å². The quantitative estimate of drug-likeness (QED) is 0.502. The minimum absolute atomic E-state index is 0.138. The van der Waals surface area contributed by atoms with Crippen LogP contribution >= 0.6 is 0 Å². The number of hydrogen-bond donors (Lipinski definition) is 1. The zero-order valence-electron chi connectivity index (χ0n) is 7.84. The average molecular weight is 167 g/mol. The van der Waals surface area contributed by atoms with Gasteiger partial charge in [-0.1, -0.05) is 19.2 Å². The van der Waals surface area contributed by atoms with Gasteiger partial charge in [-0.3, -0.25) is 0 Å². The van der Waals surface area contributed by atoms with Crippen LogP contribution in [0.4, 0.5) is 0 Å². The summed E-state index contributed by atoms with van der Waals surface area (Å²) >= 11 is 0. The molecule has 2 nitrogen and oxygen atoms in total. The van der Waals surface area contributed by atoms with Gasteiger partial charge in [-0.25, -0.2) is 0 Å². The van der Waals surface area contributed by atoms with Crippen LogP contribution in [0.25, 0.3) is 0 Å². The molecule has 0 aliphatic carbocycles. The molecule has 0 aliphatic rings. The molecule has 2 heteroatoms. The molecule has 0 aliphatic heterocycles. The van der Waals surface area contributed by atoms with Gasteiger partial charge < -0.3 is 10.5 Å². The number of nitrogens with two attached hydrogens (primary N) is 1. The Morgan fingerprint density at radius 2 is 2.00 bits per heavy atom. The van der Waals surface area contributed by atoms with Gasteiger partial charge in [0.05, 0.1) is 6.10 Å². The van der Waals surface area contributed by atoms with Crippen LogP contribution in [0.1, 0.15) is 13.8 Å².